The smallest absolute Gasteiger partial charge is 0.185 e. The number of hydrogen-bond donors (Lipinski definition) is 1. The van der Waals surface area contributed by atoms with E-state index < -0.39 is 0 Å². The third-order valence-corrected chi connectivity index (χ3v) is 3.23. The van der Waals surface area contributed by atoms with Gasteiger partial charge in [0.05, 0.1) is 13.2 Å². The topological polar surface area (TPSA) is 44.5 Å². The van der Waals surface area contributed by atoms with Crippen molar-refractivity contribution in [3.05, 3.63) is 28.2 Å². The summed E-state index contributed by atoms with van der Waals surface area (Å²) < 4.78 is 11.8. The van der Waals surface area contributed by atoms with Gasteiger partial charge in [-0.2, -0.15) is 0 Å². The number of halogens is 1. The summed E-state index contributed by atoms with van der Waals surface area (Å²) in [5.74, 6) is 0. The van der Waals surface area contributed by atoms with Crippen LogP contribution in [-0.4, -0.2) is 13.2 Å². The first-order valence-corrected chi connectivity index (χ1v) is 5.88. The highest BCUT2D eigenvalue weighted by atomic mass is 79.9. The van der Waals surface area contributed by atoms with Gasteiger partial charge in [-0.05, 0) is 30.1 Å². The third-order valence-electron chi connectivity index (χ3n) is 1.98. The lowest BCUT2D eigenvalue weighted by Gasteiger charge is -2.12. The van der Waals surface area contributed by atoms with Gasteiger partial charge in [-0.1, -0.05) is 15.9 Å². The molecule has 0 unspecified atom stereocenters. The first kappa shape index (κ1) is 10.4. The molecule has 0 spiro atoms. The molecule has 1 aromatic rings. The SMILES string of the molecule is NSc1ccc(Br)c(C2OCCO2)c1. The normalized spacial score (nSPS) is 17.6. The van der Waals surface area contributed by atoms with Crippen molar-refractivity contribution in [2.75, 3.05) is 13.2 Å². The van der Waals surface area contributed by atoms with Crippen molar-refractivity contribution in [2.45, 2.75) is 11.2 Å². The summed E-state index contributed by atoms with van der Waals surface area (Å²) in [6.07, 6.45) is -0.253. The molecule has 1 aromatic carbocycles. The molecule has 0 amide bonds. The quantitative estimate of drug-likeness (QED) is 0.843. The lowest BCUT2D eigenvalue weighted by molar-refractivity contribution is -0.0447. The van der Waals surface area contributed by atoms with E-state index in [9.17, 15) is 0 Å². The van der Waals surface area contributed by atoms with Crippen molar-refractivity contribution >= 4 is 27.9 Å². The van der Waals surface area contributed by atoms with E-state index in [2.05, 4.69) is 15.9 Å². The van der Waals surface area contributed by atoms with Gasteiger partial charge in [-0.3, -0.25) is 5.14 Å². The Morgan fingerprint density at radius 2 is 2.07 bits per heavy atom. The summed E-state index contributed by atoms with van der Waals surface area (Å²) in [6, 6.07) is 5.88. The fraction of sp³-hybridized carbons (Fsp3) is 0.333. The zero-order chi connectivity index (χ0) is 9.97. The number of hydrogen-bond acceptors (Lipinski definition) is 4. The molecule has 2 N–H and O–H groups in total. The van der Waals surface area contributed by atoms with Crippen LogP contribution in [-0.2, 0) is 9.47 Å². The Morgan fingerprint density at radius 1 is 1.36 bits per heavy atom. The molecule has 3 nitrogen and oxygen atoms in total. The Morgan fingerprint density at radius 3 is 2.71 bits per heavy atom. The maximum absolute atomic E-state index is 5.49. The second-order valence-electron chi connectivity index (χ2n) is 2.87. The van der Waals surface area contributed by atoms with Gasteiger partial charge >= 0.3 is 0 Å². The van der Waals surface area contributed by atoms with Gasteiger partial charge in [-0.15, -0.1) is 0 Å². The highest BCUT2D eigenvalue weighted by Gasteiger charge is 2.20. The first-order chi connectivity index (χ1) is 6.81. The lowest BCUT2D eigenvalue weighted by Crippen LogP contribution is -1.99. The van der Waals surface area contributed by atoms with Crippen molar-refractivity contribution in [3.8, 4) is 0 Å². The molecule has 1 heterocycles. The van der Waals surface area contributed by atoms with E-state index in [1.807, 2.05) is 18.2 Å². The molecule has 0 radical (unpaired) electrons. The lowest BCUT2D eigenvalue weighted by atomic mass is 10.2. The Kier molecular flexibility index (Phi) is 3.46. The first-order valence-electron chi connectivity index (χ1n) is 4.20. The van der Waals surface area contributed by atoms with E-state index in [4.69, 9.17) is 14.6 Å². The number of ether oxygens (including phenoxy) is 2. The van der Waals surface area contributed by atoms with Crippen LogP contribution in [0.2, 0.25) is 0 Å². The van der Waals surface area contributed by atoms with Gasteiger partial charge in [-0.25, -0.2) is 0 Å². The molecule has 14 heavy (non-hydrogen) atoms. The van der Waals surface area contributed by atoms with Gasteiger partial charge in [0.15, 0.2) is 6.29 Å². The zero-order valence-electron chi connectivity index (χ0n) is 7.40. The average Bonchev–Trinajstić information content (AvgIpc) is 2.71. The Bertz CT molecular complexity index is 329. The fourth-order valence-corrected chi connectivity index (χ4v) is 2.09. The van der Waals surface area contributed by atoms with Crippen LogP contribution in [0.3, 0.4) is 0 Å². The van der Waals surface area contributed by atoms with Crippen molar-refractivity contribution in [3.63, 3.8) is 0 Å². The van der Waals surface area contributed by atoms with Gasteiger partial charge < -0.3 is 9.47 Å². The fourth-order valence-electron chi connectivity index (χ4n) is 1.31. The average molecular weight is 276 g/mol. The molecule has 1 aliphatic rings. The minimum absolute atomic E-state index is 0.253. The van der Waals surface area contributed by atoms with Crippen LogP contribution in [0, 0.1) is 0 Å². The molecule has 5 heteroatoms. The highest BCUT2D eigenvalue weighted by molar-refractivity contribution is 9.10. The number of nitrogens with two attached hydrogens (primary N) is 1. The monoisotopic (exact) mass is 275 g/mol. The molecular weight excluding hydrogens is 266 g/mol. The second-order valence-corrected chi connectivity index (χ2v) is 4.44. The van der Waals surface area contributed by atoms with Crippen LogP contribution in [0.5, 0.6) is 0 Å². The summed E-state index contributed by atoms with van der Waals surface area (Å²) in [6.45, 7) is 1.30. The van der Waals surface area contributed by atoms with Gasteiger partial charge in [0.25, 0.3) is 0 Å². The van der Waals surface area contributed by atoms with Crippen LogP contribution >= 0.6 is 27.9 Å². The second kappa shape index (κ2) is 4.63. The summed E-state index contributed by atoms with van der Waals surface area (Å²) in [4.78, 5) is 1.00. The molecule has 0 aromatic heterocycles. The zero-order valence-corrected chi connectivity index (χ0v) is 9.81. The molecule has 1 fully saturated rings. The van der Waals surface area contributed by atoms with Crippen LogP contribution < -0.4 is 5.14 Å². The molecule has 2 rings (SSSR count). The largest absolute Gasteiger partial charge is 0.346 e. The molecule has 1 saturated heterocycles. The van der Waals surface area contributed by atoms with Crippen LogP contribution in [0.15, 0.2) is 27.6 Å². The van der Waals surface area contributed by atoms with E-state index in [1.54, 1.807) is 0 Å². The standard InChI is InChI=1S/C9H10BrNO2S/c10-8-2-1-6(14-11)5-7(8)9-12-3-4-13-9/h1-2,5,9H,3-4,11H2. The number of rotatable bonds is 2. The van der Waals surface area contributed by atoms with Crippen LogP contribution in [0.4, 0.5) is 0 Å². The predicted molar refractivity (Wildman–Crippen MR) is 58.8 cm³/mol. The molecule has 0 atom stereocenters. The molecular formula is C9H10BrNO2S. The van der Waals surface area contributed by atoms with Crippen molar-refractivity contribution in [2.24, 2.45) is 5.14 Å². The maximum Gasteiger partial charge on any atom is 0.185 e. The summed E-state index contributed by atoms with van der Waals surface area (Å²) in [7, 11) is 0. The Balaban J connectivity index is 2.29. The highest BCUT2D eigenvalue weighted by Crippen LogP contribution is 2.32. The van der Waals surface area contributed by atoms with Crippen molar-refractivity contribution < 1.29 is 9.47 Å². The minimum Gasteiger partial charge on any atom is -0.346 e. The van der Waals surface area contributed by atoms with Crippen LogP contribution in [0.1, 0.15) is 11.9 Å². The third kappa shape index (κ3) is 2.12. The molecule has 0 aliphatic carbocycles. The van der Waals surface area contributed by atoms with Crippen molar-refractivity contribution in [1.82, 2.24) is 0 Å². The van der Waals surface area contributed by atoms with E-state index in [0.29, 0.717) is 13.2 Å². The number of benzene rings is 1. The molecule has 1 aliphatic heterocycles. The summed E-state index contributed by atoms with van der Waals surface area (Å²) in [5.41, 5.74) is 0.998. The minimum atomic E-state index is -0.253. The van der Waals surface area contributed by atoms with Crippen LogP contribution in [0.25, 0.3) is 0 Å². The molecule has 0 saturated carbocycles. The maximum atomic E-state index is 5.49. The van der Waals surface area contributed by atoms with Gasteiger partial charge in [0.1, 0.15) is 0 Å². The van der Waals surface area contributed by atoms with Gasteiger partial charge in [0.2, 0.25) is 0 Å². The van der Waals surface area contributed by atoms with E-state index >= 15 is 0 Å². The van der Waals surface area contributed by atoms with Crippen molar-refractivity contribution in [1.29, 1.82) is 0 Å². The Hall–Kier alpha value is -0.0700. The summed E-state index contributed by atoms with van der Waals surface area (Å²) in [5, 5.41) is 5.49. The van der Waals surface area contributed by atoms with E-state index in [-0.39, 0.29) is 6.29 Å². The Labute approximate surface area is 95.2 Å². The summed E-state index contributed by atoms with van der Waals surface area (Å²) >= 11 is 4.68. The van der Waals surface area contributed by atoms with E-state index in [1.165, 1.54) is 11.9 Å². The van der Waals surface area contributed by atoms with Gasteiger partial charge in [0, 0.05) is 14.9 Å². The predicted octanol–water partition coefficient (Wildman–Crippen LogP) is 2.46. The van der Waals surface area contributed by atoms with E-state index in [0.717, 1.165) is 14.9 Å². The molecule has 0 bridgehead atoms. The molecule has 76 valence electrons.